The molecule has 7 amide bonds. The topological polar surface area (TPSA) is 526 Å². The third-order valence-corrected chi connectivity index (χ3v) is 20.7. The van der Waals surface area contributed by atoms with Crippen molar-refractivity contribution in [2.45, 2.75) is 151 Å². The Kier molecular flexibility index (Phi) is 26.6. The van der Waals surface area contributed by atoms with Gasteiger partial charge in [-0.2, -0.15) is 22.8 Å². The summed E-state index contributed by atoms with van der Waals surface area (Å²) in [5.74, 6) is -8.30. The van der Waals surface area contributed by atoms with Gasteiger partial charge in [0.05, 0.1) is 108 Å². The summed E-state index contributed by atoms with van der Waals surface area (Å²) in [7, 11) is 4.13. The minimum absolute atomic E-state index is 0.0273. The van der Waals surface area contributed by atoms with Gasteiger partial charge in [-0.3, -0.25) is 67.3 Å². The monoisotopic (exact) mass is 1550 g/mol. The molecule has 9 atom stereocenters. The SMILES string of the molecule is CC(=O)CCS.CNC(=O)CCSC1CC(=O)N(CCC(=O)N/N=C(\CO)[C@]2(O)Cc3c(O)c4c(c(O)c3[C@@H](OC(C)C)C2)C(=O)c2c(OC)cccc2C4=O)C1=O.COc1cccc2c1C(=O)c1c(O)c3c(c(O)c1C2=O)C[C@@](O)(/C(CO)=N/NC(=O)CCN1C(=O)C=CC1=O)C[C@@H]3OC1CC(N)C(O)C(C)O1. The Hall–Kier alpha value is -9.86. The van der Waals surface area contributed by atoms with Crippen LogP contribution in [0.5, 0.6) is 34.5 Å². The second-order valence-electron chi connectivity index (χ2n) is 26.8. The van der Waals surface area contributed by atoms with E-state index in [0.29, 0.717) is 17.9 Å². The van der Waals surface area contributed by atoms with Gasteiger partial charge >= 0.3 is 0 Å². The fourth-order valence-corrected chi connectivity index (χ4v) is 15.2. The van der Waals surface area contributed by atoms with Gasteiger partial charge < -0.3 is 80.7 Å². The second kappa shape index (κ2) is 34.8. The molecule has 36 heteroatoms. The van der Waals surface area contributed by atoms with E-state index in [1.54, 1.807) is 27.7 Å². The zero-order valence-corrected chi connectivity index (χ0v) is 61.9. The maximum absolute atomic E-state index is 13.9. The number of aromatic hydroxyl groups is 4. The number of rotatable bonds is 24. The first kappa shape index (κ1) is 83.2. The molecule has 4 aromatic carbocycles. The van der Waals surface area contributed by atoms with Gasteiger partial charge in [0.1, 0.15) is 51.5 Å². The molecule has 4 aliphatic carbocycles. The van der Waals surface area contributed by atoms with E-state index in [4.69, 9.17) is 29.4 Å². The number of amides is 7. The van der Waals surface area contributed by atoms with Gasteiger partial charge in [0.15, 0.2) is 17.9 Å². The largest absolute Gasteiger partial charge is 0.507 e. The number of ether oxygens (including phenoxy) is 5. The third kappa shape index (κ3) is 17.1. The number of imide groups is 2. The average molecular weight is 1550 g/mol. The van der Waals surface area contributed by atoms with Crippen LogP contribution in [0.25, 0.3) is 0 Å². The number of benzene rings is 4. The first-order valence-electron chi connectivity index (χ1n) is 34.5. The maximum Gasteiger partial charge on any atom is 0.253 e. The van der Waals surface area contributed by atoms with Crippen LogP contribution in [0.15, 0.2) is 58.8 Å². The third-order valence-electron chi connectivity index (χ3n) is 19.3. The highest BCUT2D eigenvalue weighted by molar-refractivity contribution is 8.00. The van der Waals surface area contributed by atoms with Gasteiger partial charge in [-0.05, 0) is 45.6 Å². The zero-order chi connectivity index (χ0) is 80.0. The van der Waals surface area contributed by atoms with Crippen molar-refractivity contribution in [3.8, 4) is 34.5 Å². The normalized spacial score (nSPS) is 23.3. The van der Waals surface area contributed by atoms with E-state index >= 15 is 0 Å². The molecule has 11 rings (SSSR count). The van der Waals surface area contributed by atoms with Crippen molar-refractivity contribution in [1.29, 1.82) is 0 Å². The van der Waals surface area contributed by atoms with Crippen LogP contribution in [0.3, 0.4) is 0 Å². The number of aliphatic hydroxyl groups excluding tert-OH is 3. The van der Waals surface area contributed by atoms with Gasteiger partial charge in [-0.15, -0.1) is 11.8 Å². The molecular formula is C73H84N8O26S2. The minimum atomic E-state index is -2.21. The molecule has 2 fully saturated rings. The van der Waals surface area contributed by atoms with E-state index in [0.717, 1.165) is 22.0 Å². The second-order valence-corrected chi connectivity index (χ2v) is 28.5. The van der Waals surface area contributed by atoms with Crippen molar-refractivity contribution >= 4 is 106 Å². The summed E-state index contributed by atoms with van der Waals surface area (Å²) in [4.78, 5) is 153. The van der Waals surface area contributed by atoms with E-state index in [9.17, 15) is 103 Å². The van der Waals surface area contributed by atoms with Crippen LogP contribution in [0.1, 0.15) is 177 Å². The highest BCUT2D eigenvalue weighted by Gasteiger charge is 2.52. The highest BCUT2D eigenvalue weighted by atomic mass is 32.2. The molecule has 14 N–H and O–H groups in total. The van der Waals surface area contributed by atoms with Crippen LogP contribution >= 0.6 is 24.4 Å². The molecule has 0 aromatic heterocycles. The molecule has 4 aromatic rings. The Balaban J connectivity index is 0.000000234. The maximum atomic E-state index is 13.9. The molecule has 7 aliphatic rings. The molecule has 0 saturated carbocycles. The Labute approximate surface area is 632 Å². The molecule has 3 aliphatic heterocycles. The fraction of sp³-hybridized carbons (Fsp3) is 0.452. The lowest BCUT2D eigenvalue weighted by Gasteiger charge is -2.43. The number of phenols is 4. The summed E-state index contributed by atoms with van der Waals surface area (Å²) in [5.41, 5.74) is 2.64. The first-order valence-corrected chi connectivity index (χ1v) is 36.1. The number of Topliss-reactive ketones (excluding diaryl/α,β-unsaturated/α-hetero) is 1. The molecule has 0 spiro atoms. The summed E-state index contributed by atoms with van der Waals surface area (Å²) in [5, 5.41) is 111. The van der Waals surface area contributed by atoms with Crippen molar-refractivity contribution in [2.24, 2.45) is 15.9 Å². The number of hydrogen-bond acceptors (Lipinski definition) is 31. The number of nitrogens with one attached hydrogen (secondary N) is 3. The molecule has 3 heterocycles. The van der Waals surface area contributed by atoms with Crippen molar-refractivity contribution in [2.75, 3.05) is 59.1 Å². The zero-order valence-electron chi connectivity index (χ0n) is 60.2. The molecule has 34 nitrogen and oxygen atoms in total. The highest BCUT2D eigenvalue weighted by Crippen LogP contribution is 2.55. The molecule has 5 unspecified atom stereocenters. The van der Waals surface area contributed by atoms with Crippen molar-refractivity contribution in [3.05, 3.63) is 115 Å². The Morgan fingerprint density at radius 2 is 1.15 bits per heavy atom. The lowest BCUT2D eigenvalue weighted by molar-refractivity contribution is -0.245. The van der Waals surface area contributed by atoms with Gasteiger partial charge in [-0.1, -0.05) is 24.3 Å². The standard InChI is InChI=1S/C35H40N4O12S.C34H36N4O13.C4H8OS/c1-16(2)51-20-14-35(49,22(15-40)37-38-24(42)8-10-39-25(43)12-21(34(39)48)52-11-9-23(41)36-3)13-18-27(20)33(47)29-28(31(18)45)30(44)17-6-5-7-19(50-4)26(17)32(29)46;1-14-29(43)17(35)10-24(50-14)51-19-12-34(48,20(13-39)36-37-21(40)8-9-38-22(41)6-7-23(38)42)11-16-26(19)33(47)28-27(31(16)45)30(44)15-4-3-5-18(49-2)25(15)32(28)46;1-4(5)2-3-6/h5-7,16,20-21,40,45,47,49H,8-15H2,1-4H3,(H,36,41)(H,38,42);3-7,14,17,19,24,29,39,43,45,47-48H,8-13,35H2,1-2H3,(H,37,40);6H,2-3H2,1H3/b37-22+;36-20+;/t20-,21?,35-;14?,17?,19-,24?,29?,34-;/m00./s1. The number of hydrazone groups is 2. The van der Waals surface area contributed by atoms with Crippen LogP contribution in [-0.2, 0) is 65.4 Å². The lowest BCUT2D eigenvalue weighted by Crippen LogP contribution is -2.53. The average Bonchev–Trinajstić information content (AvgIpc) is 1.08. The number of carbonyl (C=O) groups excluding carboxylic acids is 12. The van der Waals surface area contributed by atoms with Crippen molar-refractivity contribution in [1.82, 2.24) is 26.0 Å². The number of aliphatic hydroxyl groups is 5. The fourth-order valence-electron chi connectivity index (χ4n) is 13.8. The van der Waals surface area contributed by atoms with E-state index < -0.39 is 201 Å². The molecule has 584 valence electrons. The first-order chi connectivity index (χ1) is 51.6. The van der Waals surface area contributed by atoms with Gasteiger partial charge in [-0.25, -0.2) is 10.9 Å². The smallest absolute Gasteiger partial charge is 0.253 e. The van der Waals surface area contributed by atoms with Crippen LogP contribution in [0, 0.1) is 0 Å². The summed E-state index contributed by atoms with van der Waals surface area (Å²) >= 11 is 5.02. The van der Waals surface area contributed by atoms with E-state index in [1.165, 1.54) is 69.4 Å². The Morgan fingerprint density at radius 3 is 1.58 bits per heavy atom. The summed E-state index contributed by atoms with van der Waals surface area (Å²) in [6, 6.07) is 7.90. The van der Waals surface area contributed by atoms with Gasteiger partial charge in [0.2, 0.25) is 41.1 Å². The predicted octanol–water partition coefficient (Wildman–Crippen LogP) is 0.991. The number of hydrogen-bond donors (Lipinski definition) is 14. The van der Waals surface area contributed by atoms with Crippen LogP contribution in [0.2, 0.25) is 0 Å². The van der Waals surface area contributed by atoms with Crippen LogP contribution in [-0.4, -0.2) is 244 Å². The molecule has 109 heavy (non-hydrogen) atoms. The number of nitrogens with two attached hydrogens (primary N) is 1. The summed E-state index contributed by atoms with van der Waals surface area (Å²) < 4.78 is 28.7. The number of methoxy groups -OCH3 is 2. The molecule has 2 saturated heterocycles. The van der Waals surface area contributed by atoms with Crippen LogP contribution in [0.4, 0.5) is 0 Å². The minimum Gasteiger partial charge on any atom is -0.507 e. The van der Waals surface area contributed by atoms with Gasteiger partial charge in [0, 0.05) is 142 Å². The Bertz CT molecular complexity index is 4450. The molecule has 0 bridgehead atoms. The molecule has 0 radical (unpaired) electrons. The molecular weight excluding hydrogens is 1470 g/mol. The lowest BCUT2D eigenvalue weighted by atomic mass is 9.71. The number of nitrogens with zero attached hydrogens (tertiary/aromatic N) is 4. The number of thioether (sulfide) groups is 1. The Morgan fingerprint density at radius 1 is 0.679 bits per heavy atom. The number of thiol groups is 1. The van der Waals surface area contributed by atoms with Crippen LogP contribution < -0.4 is 31.4 Å². The number of ketones is 5. The quantitative estimate of drug-likeness (QED) is 0.0132. The number of fused-ring (bicyclic) bond motifs is 6. The number of carbonyl (C=O) groups is 12. The van der Waals surface area contributed by atoms with E-state index in [-0.39, 0.29) is 125 Å². The predicted molar refractivity (Wildman–Crippen MR) is 387 cm³/mol. The number of phenolic OH excluding ortho intramolecular Hbond substituents is 4. The van der Waals surface area contributed by atoms with Crippen molar-refractivity contribution < 1.29 is 127 Å². The van der Waals surface area contributed by atoms with Crippen molar-refractivity contribution in [3.63, 3.8) is 0 Å². The van der Waals surface area contributed by atoms with E-state index in [2.05, 4.69) is 39.0 Å². The number of likely N-dealkylation sites (tertiary alicyclic amines) is 1. The summed E-state index contributed by atoms with van der Waals surface area (Å²) in [6.07, 6.45) is -5.89. The summed E-state index contributed by atoms with van der Waals surface area (Å²) in [6.45, 7) is 4.18. The van der Waals surface area contributed by atoms with E-state index in [1.807, 2.05) is 0 Å². The van der Waals surface area contributed by atoms with Gasteiger partial charge in [0.25, 0.3) is 11.8 Å².